The van der Waals surface area contributed by atoms with Gasteiger partial charge >= 0.3 is 0 Å². The Morgan fingerprint density at radius 2 is 2.05 bits per heavy atom. The van der Waals surface area contributed by atoms with Crippen molar-refractivity contribution < 1.29 is 12.8 Å². The van der Waals surface area contributed by atoms with Crippen LogP contribution in [-0.4, -0.2) is 37.5 Å². The molecular weight excluding hydrogens is 288 g/mol. The fraction of sp³-hybridized carbons (Fsp3) is 0.533. The van der Waals surface area contributed by atoms with Gasteiger partial charge in [-0.15, -0.1) is 0 Å². The monoisotopic (exact) mass is 310 g/mol. The van der Waals surface area contributed by atoms with Gasteiger partial charge in [-0.05, 0) is 32.0 Å². The molecule has 21 heavy (non-hydrogen) atoms. The van der Waals surface area contributed by atoms with E-state index in [-0.39, 0.29) is 6.04 Å². The maximum absolute atomic E-state index is 11.8. The lowest BCUT2D eigenvalue weighted by Gasteiger charge is -2.22. The number of oxazole rings is 1. The van der Waals surface area contributed by atoms with Gasteiger partial charge in [0.15, 0.2) is 21.3 Å². The molecule has 2 rings (SSSR count). The number of benzene rings is 1. The fourth-order valence-electron chi connectivity index (χ4n) is 2.23. The van der Waals surface area contributed by atoms with Crippen molar-refractivity contribution >= 4 is 20.9 Å². The molecule has 1 N–H and O–H groups in total. The smallest absolute Gasteiger partial charge is 0.197 e. The van der Waals surface area contributed by atoms with Gasteiger partial charge in [-0.1, -0.05) is 19.1 Å². The van der Waals surface area contributed by atoms with Crippen molar-refractivity contribution in [2.24, 2.45) is 0 Å². The summed E-state index contributed by atoms with van der Waals surface area (Å²) >= 11 is 0. The standard InChI is InChI=1S/C15H22N2O3S/c1-4-9-16-13(11(2)21(3,18)19)10-15-17-12-7-5-6-8-14(12)20-15/h5-8,11,13,16H,4,9-10H2,1-3H3. The van der Waals surface area contributed by atoms with Crippen molar-refractivity contribution in [3.63, 3.8) is 0 Å². The molecule has 0 amide bonds. The number of sulfone groups is 1. The van der Waals surface area contributed by atoms with Crippen LogP contribution in [0.25, 0.3) is 11.1 Å². The number of hydrogen-bond acceptors (Lipinski definition) is 5. The Balaban J connectivity index is 2.21. The summed E-state index contributed by atoms with van der Waals surface area (Å²) in [5.41, 5.74) is 1.53. The molecule has 2 atom stereocenters. The summed E-state index contributed by atoms with van der Waals surface area (Å²) in [4.78, 5) is 4.42. The van der Waals surface area contributed by atoms with E-state index in [1.165, 1.54) is 6.26 Å². The number of rotatable bonds is 7. The summed E-state index contributed by atoms with van der Waals surface area (Å²) in [7, 11) is -3.11. The van der Waals surface area contributed by atoms with E-state index in [1.807, 2.05) is 24.3 Å². The molecule has 2 aromatic rings. The molecule has 0 fully saturated rings. The molecule has 116 valence electrons. The highest BCUT2D eigenvalue weighted by Crippen LogP contribution is 2.17. The minimum absolute atomic E-state index is 0.201. The number of aromatic nitrogens is 1. The van der Waals surface area contributed by atoms with E-state index < -0.39 is 15.1 Å². The zero-order valence-electron chi connectivity index (χ0n) is 12.7. The Kier molecular flexibility index (Phi) is 5.00. The first-order chi connectivity index (χ1) is 9.91. The number of hydrogen-bond donors (Lipinski definition) is 1. The topological polar surface area (TPSA) is 72.2 Å². The van der Waals surface area contributed by atoms with Crippen LogP contribution in [0.1, 0.15) is 26.2 Å². The molecule has 0 aliphatic carbocycles. The Morgan fingerprint density at radius 1 is 1.33 bits per heavy atom. The number of para-hydroxylation sites is 2. The molecule has 1 heterocycles. The van der Waals surface area contributed by atoms with Crippen LogP contribution in [0.5, 0.6) is 0 Å². The zero-order chi connectivity index (χ0) is 15.5. The number of nitrogens with zero attached hydrogens (tertiary/aromatic N) is 1. The van der Waals surface area contributed by atoms with E-state index in [1.54, 1.807) is 6.92 Å². The predicted octanol–water partition coefficient (Wildman–Crippen LogP) is 2.17. The van der Waals surface area contributed by atoms with Gasteiger partial charge in [-0.3, -0.25) is 0 Å². The van der Waals surface area contributed by atoms with E-state index >= 15 is 0 Å². The van der Waals surface area contributed by atoms with Gasteiger partial charge in [-0.2, -0.15) is 0 Å². The first-order valence-electron chi connectivity index (χ1n) is 7.18. The molecule has 1 aromatic heterocycles. The fourth-order valence-corrected chi connectivity index (χ4v) is 3.02. The Labute approximate surface area is 125 Å². The lowest BCUT2D eigenvalue weighted by Crippen LogP contribution is -2.44. The summed E-state index contributed by atoms with van der Waals surface area (Å²) in [6.07, 6.45) is 2.67. The second kappa shape index (κ2) is 6.58. The molecule has 6 heteroatoms. The van der Waals surface area contributed by atoms with Crippen LogP contribution in [0.4, 0.5) is 0 Å². The maximum Gasteiger partial charge on any atom is 0.197 e. The highest BCUT2D eigenvalue weighted by atomic mass is 32.2. The highest BCUT2D eigenvalue weighted by molar-refractivity contribution is 7.91. The van der Waals surface area contributed by atoms with Crippen molar-refractivity contribution in [2.75, 3.05) is 12.8 Å². The predicted molar refractivity (Wildman–Crippen MR) is 84.1 cm³/mol. The summed E-state index contributed by atoms with van der Waals surface area (Å²) in [5, 5.41) is 2.80. The average molecular weight is 310 g/mol. The van der Waals surface area contributed by atoms with E-state index in [0.29, 0.717) is 12.3 Å². The Morgan fingerprint density at radius 3 is 2.67 bits per heavy atom. The highest BCUT2D eigenvalue weighted by Gasteiger charge is 2.27. The van der Waals surface area contributed by atoms with Crippen molar-refractivity contribution in [1.29, 1.82) is 0 Å². The molecule has 0 aliphatic rings. The van der Waals surface area contributed by atoms with Crippen molar-refractivity contribution in [3.05, 3.63) is 30.2 Å². The second-order valence-electron chi connectivity index (χ2n) is 5.37. The lowest BCUT2D eigenvalue weighted by molar-refractivity contribution is 0.432. The van der Waals surface area contributed by atoms with Crippen LogP contribution in [0.3, 0.4) is 0 Å². The third-order valence-electron chi connectivity index (χ3n) is 3.63. The summed E-state index contributed by atoms with van der Waals surface area (Å²) in [6.45, 7) is 4.55. The van der Waals surface area contributed by atoms with Crippen LogP contribution in [0, 0.1) is 0 Å². The van der Waals surface area contributed by atoms with Gasteiger partial charge in [0, 0.05) is 18.7 Å². The van der Waals surface area contributed by atoms with E-state index in [4.69, 9.17) is 4.42 Å². The first kappa shape index (κ1) is 16.0. The number of nitrogens with one attached hydrogen (secondary N) is 1. The van der Waals surface area contributed by atoms with Crippen LogP contribution in [0.2, 0.25) is 0 Å². The maximum atomic E-state index is 11.8. The van der Waals surface area contributed by atoms with Crippen molar-refractivity contribution in [2.45, 2.75) is 38.0 Å². The number of fused-ring (bicyclic) bond motifs is 1. The van der Waals surface area contributed by atoms with Crippen LogP contribution < -0.4 is 5.32 Å². The molecule has 0 aliphatic heterocycles. The van der Waals surface area contributed by atoms with Gasteiger partial charge in [0.1, 0.15) is 5.52 Å². The molecule has 0 saturated carbocycles. The molecule has 0 bridgehead atoms. The zero-order valence-corrected chi connectivity index (χ0v) is 13.5. The summed E-state index contributed by atoms with van der Waals surface area (Å²) in [5.74, 6) is 0.570. The van der Waals surface area contributed by atoms with Gasteiger partial charge in [-0.25, -0.2) is 13.4 Å². The second-order valence-corrected chi connectivity index (χ2v) is 7.78. The molecule has 0 saturated heterocycles. The Bertz CT molecular complexity index is 661. The summed E-state index contributed by atoms with van der Waals surface area (Å²) < 4.78 is 29.3. The quantitative estimate of drug-likeness (QED) is 0.848. The van der Waals surface area contributed by atoms with Gasteiger partial charge in [0.05, 0.1) is 5.25 Å². The third-order valence-corrected chi connectivity index (χ3v) is 5.31. The summed E-state index contributed by atoms with van der Waals surface area (Å²) in [6, 6.07) is 7.34. The van der Waals surface area contributed by atoms with Gasteiger partial charge in [0.25, 0.3) is 0 Å². The first-order valence-corrected chi connectivity index (χ1v) is 9.14. The normalized spacial score (nSPS) is 15.2. The Hall–Kier alpha value is -1.40. The largest absolute Gasteiger partial charge is 0.441 e. The van der Waals surface area contributed by atoms with Gasteiger partial charge in [0.2, 0.25) is 0 Å². The molecule has 2 unspecified atom stereocenters. The third kappa shape index (κ3) is 4.04. The molecule has 0 radical (unpaired) electrons. The molecule has 1 aromatic carbocycles. The van der Waals surface area contributed by atoms with E-state index in [0.717, 1.165) is 24.1 Å². The van der Waals surface area contributed by atoms with Crippen LogP contribution in [-0.2, 0) is 16.3 Å². The van der Waals surface area contributed by atoms with E-state index in [2.05, 4.69) is 17.2 Å². The van der Waals surface area contributed by atoms with E-state index in [9.17, 15) is 8.42 Å². The molecular formula is C15H22N2O3S. The van der Waals surface area contributed by atoms with Gasteiger partial charge < -0.3 is 9.73 Å². The minimum atomic E-state index is -3.11. The molecule has 0 spiro atoms. The average Bonchev–Trinajstić information content (AvgIpc) is 2.83. The SMILES string of the molecule is CCCNC(Cc1nc2ccccc2o1)C(C)S(C)(=O)=O. The minimum Gasteiger partial charge on any atom is -0.441 e. The van der Waals surface area contributed by atoms with Crippen LogP contribution in [0.15, 0.2) is 28.7 Å². The van der Waals surface area contributed by atoms with Crippen molar-refractivity contribution in [1.82, 2.24) is 10.3 Å². The lowest BCUT2D eigenvalue weighted by atomic mass is 10.1. The van der Waals surface area contributed by atoms with Crippen molar-refractivity contribution in [3.8, 4) is 0 Å². The molecule has 5 nitrogen and oxygen atoms in total. The van der Waals surface area contributed by atoms with Crippen LogP contribution >= 0.6 is 0 Å².